The molecule has 2 aromatic heterocycles. The molecular weight excluding hydrogens is 184 g/mol. The Kier molecular flexibility index (Phi) is 1.81. The van der Waals surface area contributed by atoms with Crippen LogP contribution in [0.2, 0.25) is 0 Å². The average Bonchev–Trinajstić information content (AvgIpc) is 2.50. The summed E-state index contributed by atoms with van der Waals surface area (Å²) in [6.07, 6.45) is 0.815. The van der Waals surface area contributed by atoms with Crippen LogP contribution in [-0.2, 0) is 0 Å². The topological polar surface area (TPSA) is 93.9 Å². The molecule has 0 saturated heterocycles. The number of nitrogens with one attached hydrogen (secondary N) is 1. The fourth-order valence-electron chi connectivity index (χ4n) is 1.21. The molecule has 6 heteroatoms. The third-order valence-corrected chi connectivity index (χ3v) is 1.78. The maximum absolute atomic E-state index is 10.5. The van der Waals surface area contributed by atoms with Crippen molar-refractivity contribution in [3.63, 3.8) is 0 Å². The van der Waals surface area contributed by atoms with Crippen LogP contribution in [0.4, 0.5) is 4.79 Å². The third-order valence-electron chi connectivity index (χ3n) is 1.78. The first-order valence-electron chi connectivity index (χ1n) is 3.96. The maximum Gasteiger partial charge on any atom is 0.412 e. The second-order valence-corrected chi connectivity index (χ2v) is 2.75. The lowest BCUT2D eigenvalue weighted by Crippen LogP contribution is -2.17. The molecule has 72 valence electrons. The summed E-state index contributed by atoms with van der Waals surface area (Å²) in [7, 11) is 0. The first-order valence-corrected chi connectivity index (χ1v) is 3.96. The SMILES string of the molecule is Cc1nc(OC(N)=O)nc2[nH]ccc12. The molecule has 14 heavy (non-hydrogen) atoms. The van der Waals surface area contributed by atoms with Gasteiger partial charge in [0.05, 0.1) is 5.69 Å². The zero-order valence-electron chi connectivity index (χ0n) is 7.44. The van der Waals surface area contributed by atoms with Gasteiger partial charge in [0.1, 0.15) is 5.65 Å². The van der Waals surface area contributed by atoms with Crippen molar-refractivity contribution in [1.29, 1.82) is 0 Å². The van der Waals surface area contributed by atoms with Gasteiger partial charge in [-0.25, -0.2) is 4.79 Å². The van der Waals surface area contributed by atoms with E-state index < -0.39 is 6.09 Å². The van der Waals surface area contributed by atoms with Crippen LogP contribution >= 0.6 is 0 Å². The van der Waals surface area contributed by atoms with E-state index >= 15 is 0 Å². The van der Waals surface area contributed by atoms with Crippen molar-refractivity contribution in [2.45, 2.75) is 6.92 Å². The molecule has 0 unspecified atom stereocenters. The molecule has 3 N–H and O–H groups in total. The predicted octanol–water partition coefficient (Wildman–Crippen LogP) is 0.724. The number of aromatic nitrogens is 3. The zero-order valence-corrected chi connectivity index (χ0v) is 7.44. The van der Waals surface area contributed by atoms with Gasteiger partial charge in [-0.15, -0.1) is 0 Å². The van der Waals surface area contributed by atoms with Crippen LogP contribution in [0.3, 0.4) is 0 Å². The summed E-state index contributed by atoms with van der Waals surface area (Å²) in [4.78, 5) is 21.3. The smallest absolute Gasteiger partial charge is 0.374 e. The quantitative estimate of drug-likeness (QED) is 0.696. The Labute approximate surface area is 79.1 Å². The van der Waals surface area contributed by atoms with Crippen LogP contribution in [0.1, 0.15) is 5.69 Å². The highest BCUT2D eigenvalue weighted by Gasteiger charge is 2.07. The van der Waals surface area contributed by atoms with Crippen molar-refractivity contribution in [1.82, 2.24) is 15.0 Å². The Bertz CT molecular complexity index is 491. The summed E-state index contributed by atoms with van der Waals surface area (Å²) in [5, 5.41) is 0.891. The lowest BCUT2D eigenvalue weighted by Gasteiger charge is -2.00. The van der Waals surface area contributed by atoms with E-state index in [1.807, 2.05) is 6.07 Å². The van der Waals surface area contributed by atoms with E-state index in [0.717, 1.165) is 11.1 Å². The van der Waals surface area contributed by atoms with Gasteiger partial charge in [-0.05, 0) is 13.0 Å². The van der Waals surface area contributed by atoms with Gasteiger partial charge >= 0.3 is 12.1 Å². The molecule has 1 amide bonds. The number of nitrogens with zero attached hydrogens (tertiary/aromatic N) is 2. The summed E-state index contributed by atoms with van der Waals surface area (Å²) in [6, 6.07) is 1.81. The van der Waals surface area contributed by atoms with Crippen LogP contribution in [0, 0.1) is 6.92 Å². The molecule has 6 nitrogen and oxygen atoms in total. The number of amides is 1. The second kappa shape index (κ2) is 2.99. The number of rotatable bonds is 1. The Morgan fingerprint density at radius 1 is 1.57 bits per heavy atom. The number of hydrogen-bond acceptors (Lipinski definition) is 4. The van der Waals surface area contributed by atoms with E-state index in [-0.39, 0.29) is 6.01 Å². The van der Waals surface area contributed by atoms with E-state index in [4.69, 9.17) is 5.73 Å². The molecule has 0 fully saturated rings. The van der Waals surface area contributed by atoms with E-state index in [9.17, 15) is 4.79 Å². The zero-order chi connectivity index (χ0) is 10.1. The van der Waals surface area contributed by atoms with Gasteiger partial charge in [0, 0.05) is 11.6 Å². The standard InChI is InChI=1S/C8H8N4O2/c1-4-5-2-3-10-6(5)12-8(11-4)14-7(9)13/h2-3H,1H3,(H2,9,13)(H,10,11,12). The summed E-state index contributed by atoms with van der Waals surface area (Å²) >= 11 is 0. The van der Waals surface area contributed by atoms with Crippen molar-refractivity contribution in [3.8, 4) is 6.01 Å². The minimum atomic E-state index is -0.921. The van der Waals surface area contributed by atoms with Gasteiger partial charge in [0.2, 0.25) is 0 Å². The highest BCUT2D eigenvalue weighted by Crippen LogP contribution is 2.16. The predicted molar refractivity (Wildman–Crippen MR) is 48.8 cm³/mol. The first kappa shape index (κ1) is 8.49. The third kappa shape index (κ3) is 1.37. The molecule has 0 aliphatic rings. The molecule has 0 bridgehead atoms. The Hall–Kier alpha value is -2.11. The largest absolute Gasteiger partial charge is 0.412 e. The number of fused-ring (bicyclic) bond motifs is 1. The summed E-state index contributed by atoms with van der Waals surface area (Å²) in [5.74, 6) is 0. The molecule has 0 aliphatic carbocycles. The highest BCUT2D eigenvalue weighted by atomic mass is 16.6. The lowest BCUT2D eigenvalue weighted by atomic mass is 10.3. The molecule has 0 aromatic carbocycles. The lowest BCUT2D eigenvalue weighted by molar-refractivity contribution is 0.207. The van der Waals surface area contributed by atoms with Gasteiger partial charge < -0.3 is 15.5 Å². The summed E-state index contributed by atoms with van der Waals surface area (Å²) in [5.41, 5.74) is 6.19. The molecule has 0 saturated carbocycles. The van der Waals surface area contributed by atoms with Crippen molar-refractivity contribution in [2.24, 2.45) is 5.73 Å². The molecule has 2 rings (SSSR count). The minimum absolute atomic E-state index is 0.0371. The summed E-state index contributed by atoms with van der Waals surface area (Å²) < 4.78 is 4.57. The number of aromatic amines is 1. The Balaban J connectivity index is 2.53. The van der Waals surface area contributed by atoms with Crippen molar-refractivity contribution >= 4 is 17.1 Å². The average molecular weight is 192 g/mol. The van der Waals surface area contributed by atoms with Gasteiger partial charge in [-0.2, -0.15) is 9.97 Å². The number of primary amides is 1. The number of H-pyrrole nitrogens is 1. The number of ether oxygens (including phenoxy) is 1. The van der Waals surface area contributed by atoms with Gasteiger partial charge in [0.15, 0.2) is 0 Å². The van der Waals surface area contributed by atoms with E-state index in [1.54, 1.807) is 13.1 Å². The van der Waals surface area contributed by atoms with Crippen molar-refractivity contribution < 1.29 is 9.53 Å². The summed E-state index contributed by atoms with van der Waals surface area (Å²) in [6.45, 7) is 1.80. The van der Waals surface area contributed by atoms with E-state index in [1.165, 1.54) is 0 Å². The van der Waals surface area contributed by atoms with Crippen LogP contribution in [0.15, 0.2) is 12.3 Å². The molecule has 0 atom stereocenters. The van der Waals surface area contributed by atoms with Gasteiger partial charge in [0.25, 0.3) is 0 Å². The Morgan fingerprint density at radius 3 is 3.07 bits per heavy atom. The van der Waals surface area contributed by atoms with Crippen LogP contribution in [0.25, 0.3) is 11.0 Å². The first-order chi connectivity index (χ1) is 6.66. The number of nitrogens with two attached hydrogens (primary N) is 1. The van der Waals surface area contributed by atoms with Crippen LogP contribution < -0.4 is 10.5 Å². The highest BCUT2D eigenvalue weighted by molar-refractivity contribution is 5.78. The number of hydrogen-bond donors (Lipinski definition) is 2. The molecule has 0 spiro atoms. The van der Waals surface area contributed by atoms with Gasteiger partial charge in [-0.3, -0.25) is 0 Å². The molecule has 0 radical (unpaired) electrons. The molecule has 0 aliphatic heterocycles. The van der Waals surface area contributed by atoms with Crippen LogP contribution in [0.5, 0.6) is 6.01 Å². The maximum atomic E-state index is 10.5. The molecule has 2 heterocycles. The van der Waals surface area contributed by atoms with Crippen molar-refractivity contribution in [3.05, 3.63) is 18.0 Å². The Morgan fingerprint density at radius 2 is 2.36 bits per heavy atom. The fraction of sp³-hybridized carbons (Fsp3) is 0.125. The molecular formula is C8H8N4O2. The van der Waals surface area contributed by atoms with Crippen LogP contribution in [-0.4, -0.2) is 21.0 Å². The van der Waals surface area contributed by atoms with Gasteiger partial charge in [-0.1, -0.05) is 0 Å². The molecule has 2 aromatic rings. The number of carbonyl (C=O) groups excluding carboxylic acids is 1. The van der Waals surface area contributed by atoms with E-state index in [2.05, 4.69) is 19.7 Å². The second-order valence-electron chi connectivity index (χ2n) is 2.75. The minimum Gasteiger partial charge on any atom is -0.374 e. The van der Waals surface area contributed by atoms with Crippen molar-refractivity contribution in [2.75, 3.05) is 0 Å². The number of aryl methyl sites for hydroxylation is 1. The van der Waals surface area contributed by atoms with E-state index in [0.29, 0.717) is 5.65 Å². The number of carbonyl (C=O) groups is 1. The normalized spacial score (nSPS) is 10.4. The monoisotopic (exact) mass is 192 g/mol. The fourth-order valence-corrected chi connectivity index (χ4v) is 1.21.